The number of hydrogen-bond donors (Lipinski definition) is 4. The first-order valence-corrected chi connectivity index (χ1v) is 6.61. The topological polar surface area (TPSA) is 102 Å². The van der Waals surface area contributed by atoms with E-state index in [9.17, 15) is 9.59 Å². The Kier molecular flexibility index (Phi) is 11.1. The highest BCUT2D eigenvalue weighted by atomic mass is 16.3. The van der Waals surface area contributed by atoms with E-state index in [1.165, 1.54) is 0 Å². The maximum Gasteiger partial charge on any atom is 0.221 e. The molecule has 0 radical (unpaired) electrons. The SMILES string of the molecule is CCN(CCC(=O)NCCO)CCC(=O)NCCO. The van der Waals surface area contributed by atoms with Gasteiger partial charge in [0, 0.05) is 39.0 Å². The molecule has 0 aromatic rings. The lowest BCUT2D eigenvalue weighted by Crippen LogP contribution is -2.35. The molecule has 112 valence electrons. The van der Waals surface area contributed by atoms with Crippen LogP contribution in [0, 0.1) is 0 Å². The van der Waals surface area contributed by atoms with E-state index in [4.69, 9.17) is 10.2 Å². The quantitative estimate of drug-likeness (QED) is 0.360. The van der Waals surface area contributed by atoms with Crippen molar-refractivity contribution in [2.75, 3.05) is 45.9 Å². The minimum atomic E-state index is -0.0998. The van der Waals surface area contributed by atoms with Crippen LogP contribution in [0.3, 0.4) is 0 Å². The smallest absolute Gasteiger partial charge is 0.221 e. The Bertz CT molecular complexity index is 237. The third-order valence-electron chi connectivity index (χ3n) is 2.63. The highest BCUT2D eigenvalue weighted by Crippen LogP contribution is 1.94. The molecule has 7 heteroatoms. The molecule has 19 heavy (non-hydrogen) atoms. The van der Waals surface area contributed by atoms with E-state index >= 15 is 0 Å². The molecule has 0 saturated carbocycles. The van der Waals surface area contributed by atoms with Crippen molar-refractivity contribution in [1.82, 2.24) is 15.5 Å². The summed E-state index contributed by atoms with van der Waals surface area (Å²) in [6.45, 7) is 4.32. The highest BCUT2D eigenvalue weighted by Gasteiger charge is 2.08. The third-order valence-corrected chi connectivity index (χ3v) is 2.63. The molecule has 0 aromatic heterocycles. The van der Waals surface area contributed by atoms with Crippen molar-refractivity contribution in [3.63, 3.8) is 0 Å². The van der Waals surface area contributed by atoms with Crippen LogP contribution < -0.4 is 10.6 Å². The fourth-order valence-corrected chi connectivity index (χ4v) is 1.51. The molecule has 0 heterocycles. The van der Waals surface area contributed by atoms with Gasteiger partial charge in [0.25, 0.3) is 0 Å². The molecular weight excluding hydrogens is 250 g/mol. The number of aliphatic hydroxyl groups excluding tert-OH is 2. The summed E-state index contributed by atoms with van der Waals surface area (Å²) in [5, 5.41) is 22.3. The number of carbonyl (C=O) groups is 2. The van der Waals surface area contributed by atoms with Gasteiger partial charge in [-0.05, 0) is 6.54 Å². The van der Waals surface area contributed by atoms with Gasteiger partial charge in [-0.15, -0.1) is 0 Å². The highest BCUT2D eigenvalue weighted by molar-refractivity contribution is 5.76. The van der Waals surface area contributed by atoms with Crippen molar-refractivity contribution in [2.24, 2.45) is 0 Å². The van der Waals surface area contributed by atoms with Crippen molar-refractivity contribution >= 4 is 11.8 Å². The molecule has 0 unspecified atom stereocenters. The van der Waals surface area contributed by atoms with Gasteiger partial charge >= 0.3 is 0 Å². The van der Waals surface area contributed by atoms with E-state index in [0.717, 1.165) is 6.54 Å². The summed E-state index contributed by atoms with van der Waals surface area (Å²) >= 11 is 0. The second-order valence-electron chi connectivity index (χ2n) is 4.08. The van der Waals surface area contributed by atoms with Crippen molar-refractivity contribution in [3.05, 3.63) is 0 Å². The van der Waals surface area contributed by atoms with Gasteiger partial charge in [-0.25, -0.2) is 0 Å². The number of nitrogens with one attached hydrogen (secondary N) is 2. The lowest BCUT2D eigenvalue weighted by atomic mass is 10.3. The monoisotopic (exact) mass is 275 g/mol. The summed E-state index contributed by atoms with van der Waals surface area (Å²) in [7, 11) is 0. The van der Waals surface area contributed by atoms with E-state index in [0.29, 0.717) is 25.9 Å². The van der Waals surface area contributed by atoms with Gasteiger partial charge in [-0.3, -0.25) is 9.59 Å². The van der Waals surface area contributed by atoms with Gasteiger partial charge in [-0.2, -0.15) is 0 Å². The Morgan fingerprint density at radius 2 is 1.37 bits per heavy atom. The molecule has 2 amide bonds. The van der Waals surface area contributed by atoms with Crippen molar-refractivity contribution < 1.29 is 19.8 Å². The van der Waals surface area contributed by atoms with Crippen LogP contribution >= 0.6 is 0 Å². The first kappa shape index (κ1) is 17.8. The minimum absolute atomic E-state index is 0.0612. The van der Waals surface area contributed by atoms with E-state index < -0.39 is 0 Å². The fourth-order valence-electron chi connectivity index (χ4n) is 1.51. The van der Waals surface area contributed by atoms with Crippen LogP contribution in [-0.2, 0) is 9.59 Å². The summed E-state index contributed by atoms with van der Waals surface area (Å²) in [5.41, 5.74) is 0. The van der Waals surface area contributed by atoms with Crippen molar-refractivity contribution in [2.45, 2.75) is 19.8 Å². The third kappa shape index (κ3) is 10.4. The Morgan fingerprint density at radius 1 is 0.947 bits per heavy atom. The molecular formula is C12H25N3O4. The number of nitrogens with zero attached hydrogens (tertiary/aromatic N) is 1. The van der Waals surface area contributed by atoms with Crippen LogP contribution in [0.1, 0.15) is 19.8 Å². The zero-order valence-corrected chi connectivity index (χ0v) is 11.5. The molecule has 0 aliphatic carbocycles. The van der Waals surface area contributed by atoms with Crippen LogP contribution in [0.4, 0.5) is 0 Å². The predicted molar refractivity (Wildman–Crippen MR) is 71.5 cm³/mol. The Labute approximate surface area is 114 Å². The van der Waals surface area contributed by atoms with E-state index in [1.807, 2.05) is 11.8 Å². The fraction of sp³-hybridized carbons (Fsp3) is 0.833. The van der Waals surface area contributed by atoms with Crippen molar-refractivity contribution in [3.8, 4) is 0 Å². The van der Waals surface area contributed by atoms with Crippen LogP contribution in [0.25, 0.3) is 0 Å². The van der Waals surface area contributed by atoms with Gasteiger partial charge in [0.05, 0.1) is 13.2 Å². The predicted octanol–water partition coefficient (Wildman–Crippen LogP) is -1.69. The summed E-state index contributed by atoms with van der Waals surface area (Å²) in [6.07, 6.45) is 0.707. The molecule has 0 fully saturated rings. The van der Waals surface area contributed by atoms with Crippen LogP contribution in [-0.4, -0.2) is 72.9 Å². The van der Waals surface area contributed by atoms with Gasteiger partial charge in [0.2, 0.25) is 11.8 Å². The Hall–Kier alpha value is -1.18. The zero-order chi connectivity index (χ0) is 14.5. The number of amides is 2. The standard InChI is InChI=1S/C12H25N3O4/c1-2-15(7-3-11(18)13-5-9-16)8-4-12(19)14-6-10-17/h16-17H,2-10H2,1H3,(H,13,18)(H,14,19). The minimum Gasteiger partial charge on any atom is -0.395 e. The molecule has 0 spiro atoms. The second kappa shape index (κ2) is 11.9. The van der Waals surface area contributed by atoms with E-state index in [-0.39, 0.29) is 38.1 Å². The largest absolute Gasteiger partial charge is 0.395 e. The Balaban J connectivity index is 3.76. The molecule has 0 aliphatic rings. The van der Waals surface area contributed by atoms with Gasteiger partial charge in [0.1, 0.15) is 0 Å². The average molecular weight is 275 g/mol. The maximum absolute atomic E-state index is 11.3. The summed E-state index contributed by atoms with van der Waals surface area (Å²) in [5.74, 6) is -0.200. The van der Waals surface area contributed by atoms with Gasteiger partial charge < -0.3 is 25.7 Å². The molecule has 0 rings (SSSR count). The summed E-state index contributed by atoms with van der Waals surface area (Å²) in [4.78, 5) is 24.7. The molecule has 0 bridgehead atoms. The molecule has 0 atom stereocenters. The number of carbonyl (C=O) groups excluding carboxylic acids is 2. The number of hydrogen-bond acceptors (Lipinski definition) is 5. The number of aliphatic hydroxyl groups is 2. The van der Waals surface area contributed by atoms with E-state index in [2.05, 4.69) is 10.6 Å². The average Bonchev–Trinajstić information content (AvgIpc) is 2.42. The van der Waals surface area contributed by atoms with Crippen LogP contribution in [0.15, 0.2) is 0 Å². The summed E-state index contributed by atoms with van der Waals surface area (Å²) in [6, 6.07) is 0. The lowest BCUT2D eigenvalue weighted by Gasteiger charge is -2.19. The lowest BCUT2D eigenvalue weighted by molar-refractivity contribution is -0.121. The number of rotatable bonds is 11. The van der Waals surface area contributed by atoms with Gasteiger partial charge in [0.15, 0.2) is 0 Å². The Morgan fingerprint density at radius 3 is 1.68 bits per heavy atom. The zero-order valence-electron chi connectivity index (χ0n) is 11.5. The first-order chi connectivity index (χ1) is 9.13. The van der Waals surface area contributed by atoms with E-state index in [1.54, 1.807) is 0 Å². The maximum atomic E-state index is 11.3. The first-order valence-electron chi connectivity index (χ1n) is 6.61. The van der Waals surface area contributed by atoms with Gasteiger partial charge in [-0.1, -0.05) is 6.92 Å². The molecule has 7 nitrogen and oxygen atoms in total. The normalized spacial score (nSPS) is 10.5. The second-order valence-corrected chi connectivity index (χ2v) is 4.08. The van der Waals surface area contributed by atoms with Crippen molar-refractivity contribution in [1.29, 1.82) is 0 Å². The molecule has 0 aromatic carbocycles. The van der Waals surface area contributed by atoms with Crippen LogP contribution in [0.2, 0.25) is 0 Å². The molecule has 0 saturated heterocycles. The van der Waals surface area contributed by atoms with Crippen LogP contribution in [0.5, 0.6) is 0 Å². The molecule has 0 aliphatic heterocycles. The molecule has 4 N–H and O–H groups in total. The summed E-state index contributed by atoms with van der Waals surface area (Å²) < 4.78 is 0.